The summed E-state index contributed by atoms with van der Waals surface area (Å²) in [7, 11) is -1.64. The number of fused-ring (bicyclic) bond motifs is 1. The molecule has 1 N–H and O–H groups in total. The van der Waals surface area contributed by atoms with Crippen molar-refractivity contribution in [3.05, 3.63) is 24.3 Å². The number of nitrogens with one attached hydrogen (secondary N) is 1. The van der Waals surface area contributed by atoms with Crippen LogP contribution in [0.15, 0.2) is 29.2 Å². The highest BCUT2D eigenvalue weighted by molar-refractivity contribution is 8.01. The SMILES string of the molecule is CN(C1CCN(C(=O)CC2Sc3ccccc3NC2=O)CC1)S(C)(=O)=O. The summed E-state index contributed by atoms with van der Waals surface area (Å²) >= 11 is 1.42. The van der Waals surface area contributed by atoms with Crippen LogP contribution in [-0.4, -0.2) is 67.1 Å². The third-order valence-electron chi connectivity index (χ3n) is 4.92. The number of anilines is 1. The molecule has 1 saturated heterocycles. The highest BCUT2D eigenvalue weighted by Crippen LogP contribution is 2.37. The molecule has 1 unspecified atom stereocenters. The number of carbonyl (C=O) groups excluding carboxylic acids is 2. The van der Waals surface area contributed by atoms with Gasteiger partial charge in [-0.2, -0.15) is 0 Å². The van der Waals surface area contributed by atoms with E-state index in [0.29, 0.717) is 25.9 Å². The van der Waals surface area contributed by atoms with Crippen molar-refractivity contribution in [2.24, 2.45) is 0 Å². The Morgan fingerprint density at radius 2 is 1.96 bits per heavy atom. The maximum Gasteiger partial charge on any atom is 0.238 e. The van der Waals surface area contributed by atoms with E-state index in [-0.39, 0.29) is 24.3 Å². The van der Waals surface area contributed by atoms with Gasteiger partial charge < -0.3 is 10.2 Å². The lowest BCUT2D eigenvalue weighted by atomic mass is 10.0. The predicted octanol–water partition coefficient (Wildman–Crippen LogP) is 1.37. The number of benzene rings is 1. The Bertz CT molecular complexity index is 804. The highest BCUT2D eigenvalue weighted by atomic mass is 32.2. The first-order chi connectivity index (χ1) is 12.3. The Morgan fingerprint density at radius 1 is 1.31 bits per heavy atom. The molecule has 0 aromatic heterocycles. The number of piperidine rings is 1. The molecule has 9 heteroatoms. The normalized spacial score (nSPS) is 21.4. The lowest BCUT2D eigenvalue weighted by Crippen LogP contribution is -2.47. The Kier molecular flexibility index (Phi) is 5.59. The van der Waals surface area contributed by atoms with Crippen LogP contribution in [-0.2, 0) is 19.6 Å². The lowest BCUT2D eigenvalue weighted by Gasteiger charge is -2.36. The van der Waals surface area contributed by atoms with Crippen molar-refractivity contribution in [1.82, 2.24) is 9.21 Å². The molecule has 26 heavy (non-hydrogen) atoms. The smallest absolute Gasteiger partial charge is 0.238 e. The summed E-state index contributed by atoms with van der Waals surface area (Å²) in [5.74, 6) is -0.203. The molecule has 1 aromatic carbocycles. The Morgan fingerprint density at radius 3 is 2.62 bits per heavy atom. The Labute approximate surface area is 158 Å². The summed E-state index contributed by atoms with van der Waals surface area (Å²) in [6, 6.07) is 7.48. The fourth-order valence-electron chi connectivity index (χ4n) is 3.26. The second-order valence-electron chi connectivity index (χ2n) is 6.69. The number of carbonyl (C=O) groups is 2. The molecule has 2 aliphatic heterocycles. The minimum atomic E-state index is -3.22. The van der Waals surface area contributed by atoms with Gasteiger partial charge in [0.05, 0.1) is 17.2 Å². The van der Waals surface area contributed by atoms with Crippen molar-refractivity contribution in [3.63, 3.8) is 0 Å². The van der Waals surface area contributed by atoms with E-state index in [1.807, 2.05) is 24.3 Å². The maximum atomic E-state index is 12.6. The summed E-state index contributed by atoms with van der Waals surface area (Å²) < 4.78 is 24.7. The second kappa shape index (κ2) is 7.58. The molecule has 1 atom stereocenters. The molecule has 142 valence electrons. The molecule has 0 aliphatic carbocycles. The molecular formula is C17H23N3O4S2. The van der Waals surface area contributed by atoms with E-state index in [4.69, 9.17) is 0 Å². The van der Waals surface area contributed by atoms with Gasteiger partial charge in [0.15, 0.2) is 0 Å². The number of hydrogen-bond acceptors (Lipinski definition) is 5. The number of para-hydroxylation sites is 1. The average Bonchev–Trinajstić information content (AvgIpc) is 2.61. The summed E-state index contributed by atoms with van der Waals surface area (Å²) in [4.78, 5) is 27.6. The van der Waals surface area contributed by atoms with Crippen LogP contribution in [0.3, 0.4) is 0 Å². The number of sulfonamides is 1. The van der Waals surface area contributed by atoms with Gasteiger partial charge in [-0.05, 0) is 25.0 Å². The summed E-state index contributed by atoms with van der Waals surface area (Å²) in [6.45, 7) is 1.03. The van der Waals surface area contributed by atoms with Crippen molar-refractivity contribution >= 4 is 39.3 Å². The molecule has 1 fully saturated rings. The molecule has 2 amide bonds. The fraction of sp³-hybridized carbons (Fsp3) is 0.529. The number of thioether (sulfide) groups is 1. The molecule has 2 heterocycles. The fourth-order valence-corrected chi connectivity index (χ4v) is 5.12. The maximum absolute atomic E-state index is 12.6. The zero-order valence-electron chi connectivity index (χ0n) is 14.8. The van der Waals surface area contributed by atoms with Gasteiger partial charge in [-0.15, -0.1) is 11.8 Å². The second-order valence-corrected chi connectivity index (χ2v) is 9.97. The van der Waals surface area contributed by atoms with Gasteiger partial charge in [0.2, 0.25) is 21.8 Å². The predicted molar refractivity (Wildman–Crippen MR) is 102 cm³/mol. The van der Waals surface area contributed by atoms with Crippen molar-refractivity contribution in [3.8, 4) is 0 Å². The van der Waals surface area contributed by atoms with Gasteiger partial charge >= 0.3 is 0 Å². The zero-order valence-corrected chi connectivity index (χ0v) is 16.5. The van der Waals surface area contributed by atoms with Gasteiger partial charge in [-0.25, -0.2) is 12.7 Å². The number of amides is 2. The van der Waals surface area contributed by atoms with E-state index < -0.39 is 15.3 Å². The van der Waals surface area contributed by atoms with E-state index in [9.17, 15) is 18.0 Å². The van der Waals surface area contributed by atoms with E-state index in [2.05, 4.69) is 5.32 Å². The first-order valence-corrected chi connectivity index (χ1v) is 11.3. The number of likely N-dealkylation sites (tertiary alicyclic amines) is 1. The molecule has 2 aliphatic rings. The van der Waals surface area contributed by atoms with Gasteiger partial charge in [-0.1, -0.05) is 12.1 Å². The number of hydrogen-bond donors (Lipinski definition) is 1. The molecule has 7 nitrogen and oxygen atoms in total. The molecular weight excluding hydrogens is 374 g/mol. The van der Waals surface area contributed by atoms with E-state index in [0.717, 1.165) is 10.6 Å². The van der Waals surface area contributed by atoms with Gasteiger partial charge in [0.25, 0.3) is 0 Å². The number of nitrogens with zero attached hydrogens (tertiary/aromatic N) is 2. The molecule has 0 radical (unpaired) electrons. The molecule has 0 saturated carbocycles. The molecule has 3 rings (SSSR count). The zero-order chi connectivity index (χ0) is 18.9. The topological polar surface area (TPSA) is 86.8 Å². The van der Waals surface area contributed by atoms with Gasteiger partial charge in [-0.3, -0.25) is 9.59 Å². The van der Waals surface area contributed by atoms with Crippen molar-refractivity contribution in [2.75, 3.05) is 31.7 Å². The van der Waals surface area contributed by atoms with Crippen LogP contribution < -0.4 is 5.32 Å². The first-order valence-electron chi connectivity index (χ1n) is 8.53. The lowest BCUT2D eigenvalue weighted by molar-refractivity contribution is -0.133. The van der Waals surface area contributed by atoms with Crippen molar-refractivity contribution < 1.29 is 18.0 Å². The minimum absolute atomic E-state index is 0.0579. The van der Waals surface area contributed by atoms with Gasteiger partial charge in [0.1, 0.15) is 0 Å². The third-order valence-corrected chi connectivity index (χ3v) is 7.54. The standard InChI is InChI=1S/C17H23N3O4S2/c1-19(26(2,23)24)12-7-9-20(10-8-12)16(21)11-15-17(22)18-13-5-3-4-6-14(13)25-15/h3-6,12,15H,7-11H2,1-2H3,(H,18,22). The van der Waals surface area contributed by atoms with Crippen LogP contribution in [0.1, 0.15) is 19.3 Å². The van der Waals surface area contributed by atoms with Crippen molar-refractivity contribution in [1.29, 1.82) is 0 Å². The average molecular weight is 398 g/mol. The quantitative estimate of drug-likeness (QED) is 0.829. The van der Waals surface area contributed by atoms with Crippen LogP contribution in [0.2, 0.25) is 0 Å². The van der Waals surface area contributed by atoms with Gasteiger partial charge in [0, 0.05) is 37.5 Å². The van der Waals surface area contributed by atoms with Crippen LogP contribution in [0.4, 0.5) is 5.69 Å². The largest absolute Gasteiger partial charge is 0.343 e. The molecule has 0 bridgehead atoms. The molecule has 0 spiro atoms. The number of rotatable bonds is 4. The van der Waals surface area contributed by atoms with E-state index in [1.54, 1.807) is 11.9 Å². The Hall–Kier alpha value is -1.58. The summed E-state index contributed by atoms with van der Waals surface area (Å²) in [5, 5.41) is 2.42. The monoisotopic (exact) mass is 397 g/mol. The van der Waals surface area contributed by atoms with E-state index in [1.165, 1.54) is 22.3 Å². The van der Waals surface area contributed by atoms with Crippen molar-refractivity contribution in [2.45, 2.75) is 35.4 Å². The van der Waals surface area contributed by atoms with Crippen LogP contribution in [0, 0.1) is 0 Å². The van der Waals surface area contributed by atoms with Crippen LogP contribution >= 0.6 is 11.8 Å². The minimum Gasteiger partial charge on any atom is -0.343 e. The third kappa shape index (κ3) is 4.21. The first kappa shape index (κ1) is 19.2. The molecule has 1 aromatic rings. The summed E-state index contributed by atoms with van der Waals surface area (Å²) in [5.41, 5.74) is 0.788. The van der Waals surface area contributed by atoms with Crippen LogP contribution in [0.25, 0.3) is 0 Å². The highest BCUT2D eigenvalue weighted by Gasteiger charge is 2.33. The van der Waals surface area contributed by atoms with Crippen LogP contribution in [0.5, 0.6) is 0 Å². The van der Waals surface area contributed by atoms with E-state index >= 15 is 0 Å². The summed E-state index contributed by atoms with van der Waals surface area (Å²) in [6.07, 6.45) is 2.57. The Balaban J connectivity index is 1.56.